The first kappa shape index (κ1) is 17.4. The van der Waals surface area contributed by atoms with Crippen LogP contribution < -0.4 is 14.9 Å². The van der Waals surface area contributed by atoms with Crippen LogP contribution in [0.15, 0.2) is 24.3 Å². The van der Waals surface area contributed by atoms with E-state index in [1.807, 2.05) is 0 Å². The predicted molar refractivity (Wildman–Crippen MR) is 82.8 cm³/mol. The lowest BCUT2D eigenvalue weighted by Crippen LogP contribution is -2.38. The van der Waals surface area contributed by atoms with Crippen molar-refractivity contribution in [3.05, 3.63) is 30.1 Å². The van der Waals surface area contributed by atoms with Gasteiger partial charge >= 0.3 is 0 Å². The quantitative estimate of drug-likeness (QED) is 0.759. The highest BCUT2D eigenvalue weighted by Gasteiger charge is 2.31. The average Bonchev–Trinajstić information content (AvgIpc) is 2.79. The minimum absolute atomic E-state index is 0.00565. The fourth-order valence-electron chi connectivity index (χ4n) is 2.32. The summed E-state index contributed by atoms with van der Waals surface area (Å²) in [5, 5.41) is 2.70. The molecule has 1 unspecified atom stereocenters. The van der Waals surface area contributed by atoms with Crippen LogP contribution in [-0.2, 0) is 19.6 Å². The summed E-state index contributed by atoms with van der Waals surface area (Å²) in [5.41, 5.74) is 0.576. The number of anilines is 1. The number of rotatable bonds is 6. The van der Waals surface area contributed by atoms with Gasteiger partial charge in [-0.2, -0.15) is 0 Å². The number of hydrogen-bond acceptors (Lipinski definition) is 4. The number of carbonyl (C=O) groups is 2. The van der Waals surface area contributed by atoms with Gasteiger partial charge in [0.25, 0.3) is 0 Å². The van der Waals surface area contributed by atoms with Crippen molar-refractivity contribution in [2.75, 3.05) is 24.2 Å². The number of nitrogens with one attached hydrogen (secondary N) is 2. The highest BCUT2D eigenvalue weighted by molar-refractivity contribution is 7.88. The van der Waals surface area contributed by atoms with Crippen LogP contribution in [0.4, 0.5) is 10.1 Å². The van der Waals surface area contributed by atoms with E-state index in [-0.39, 0.29) is 43.1 Å². The van der Waals surface area contributed by atoms with Crippen LogP contribution in [-0.4, -0.2) is 45.6 Å². The molecule has 0 aliphatic carbocycles. The van der Waals surface area contributed by atoms with Crippen molar-refractivity contribution >= 4 is 27.5 Å². The van der Waals surface area contributed by atoms with Gasteiger partial charge in [0.2, 0.25) is 21.8 Å². The number of amides is 2. The first-order chi connectivity index (χ1) is 10.7. The average molecular weight is 343 g/mol. The molecule has 1 fully saturated rings. The first-order valence-electron chi connectivity index (χ1n) is 7.04. The Bertz CT molecular complexity index is 690. The van der Waals surface area contributed by atoms with E-state index in [1.165, 1.54) is 29.2 Å². The van der Waals surface area contributed by atoms with Crippen molar-refractivity contribution < 1.29 is 22.4 Å². The number of carbonyl (C=O) groups excluding carboxylic acids is 2. The lowest BCUT2D eigenvalue weighted by atomic mass is 10.2. The molecule has 0 bridgehead atoms. The second-order valence-corrected chi connectivity index (χ2v) is 7.20. The SMILES string of the molecule is CS(=O)(=O)NCCC(=O)NC1CC(=O)N(c2ccc(F)cc2)C1. The topological polar surface area (TPSA) is 95.6 Å². The molecule has 1 atom stereocenters. The molecule has 0 spiro atoms. The molecular weight excluding hydrogens is 325 g/mol. The first-order valence-corrected chi connectivity index (χ1v) is 8.93. The number of benzene rings is 1. The van der Waals surface area contributed by atoms with E-state index in [0.717, 1.165) is 6.26 Å². The highest BCUT2D eigenvalue weighted by Crippen LogP contribution is 2.21. The van der Waals surface area contributed by atoms with Crippen LogP contribution in [0.1, 0.15) is 12.8 Å². The van der Waals surface area contributed by atoms with Gasteiger partial charge in [0.05, 0.1) is 12.3 Å². The van der Waals surface area contributed by atoms with E-state index in [2.05, 4.69) is 10.0 Å². The van der Waals surface area contributed by atoms with Crippen LogP contribution in [0.5, 0.6) is 0 Å². The Morgan fingerprint density at radius 1 is 1.35 bits per heavy atom. The third-order valence-corrected chi connectivity index (χ3v) is 4.07. The van der Waals surface area contributed by atoms with Gasteiger partial charge < -0.3 is 10.2 Å². The van der Waals surface area contributed by atoms with Crippen LogP contribution in [0.2, 0.25) is 0 Å². The van der Waals surface area contributed by atoms with Crippen LogP contribution >= 0.6 is 0 Å². The Labute approximate surface area is 133 Å². The molecule has 1 saturated heterocycles. The summed E-state index contributed by atoms with van der Waals surface area (Å²) < 4.78 is 36.9. The molecule has 0 saturated carbocycles. The molecule has 9 heteroatoms. The maximum Gasteiger partial charge on any atom is 0.229 e. The molecule has 23 heavy (non-hydrogen) atoms. The zero-order valence-electron chi connectivity index (χ0n) is 12.6. The molecule has 1 aromatic carbocycles. The lowest BCUT2D eigenvalue weighted by Gasteiger charge is -2.17. The van der Waals surface area contributed by atoms with Crippen LogP contribution in [0, 0.1) is 5.82 Å². The zero-order valence-corrected chi connectivity index (χ0v) is 13.4. The molecule has 2 amide bonds. The van der Waals surface area contributed by atoms with Gasteiger partial charge in [-0.25, -0.2) is 17.5 Å². The largest absolute Gasteiger partial charge is 0.351 e. The summed E-state index contributed by atoms with van der Waals surface area (Å²) in [5.74, 6) is -0.875. The molecule has 1 heterocycles. The Morgan fingerprint density at radius 2 is 2.00 bits per heavy atom. The molecular formula is C14H18FN3O4S. The van der Waals surface area contributed by atoms with E-state index in [4.69, 9.17) is 0 Å². The van der Waals surface area contributed by atoms with Gasteiger partial charge in [0.1, 0.15) is 5.82 Å². The highest BCUT2D eigenvalue weighted by atomic mass is 32.2. The number of sulfonamides is 1. The third kappa shape index (κ3) is 5.29. The van der Waals surface area contributed by atoms with Crippen molar-refractivity contribution in [3.63, 3.8) is 0 Å². The van der Waals surface area contributed by atoms with Gasteiger partial charge in [0.15, 0.2) is 0 Å². The number of halogens is 1. The van der Waals surface area contributed by atoms with E-state index in [9.17, 15) is 22.4 Å². The smallest absolute Gasteiger partial charge is 0.229 e. The summed E-state index contributed by atoms with van der Waals surface area (Å²) >= 11 is 0. The molecule has 1 aliphatic heterocycles. The molecule has 1 aromatic rings. The summed E-state index contributed by atoms with van der Waals surface area (Å²) in [6.07, 6.45) is 1.16. The Kier molecular flexibility index (Phi) is 5.32. The fraction of sp³-hybridized carbons (Fsp3) is 0.429. The van der Waals surface area contributed by atoms with Gasteiger partial charge in [0, 0.05) is 31.6 Å². The monoisotopic (exact) mass is 343 g/mol. The molecule has 2 rings (SSSR count). The molecule has 1 aliphatic rings. The van der Waals surface area contributed by atoms with Crippen LogP contribution in [0.25, 0.3) is 0 Å². The predicted octanol–water partition coefficient (Wildman–Crippen LogP) is -0.0135. The lowest BCUT2D eigenvalue weighted by molar-refractivity contribution is -0.121. The van der Waals surface area contributed by atoms with Crippen LogP contribution in [0.3, 0.4) is 0 Å². The number of nitrogens with zero attached hydrogens (tertiary/aromatic N) is 1. The minimum Gasteiger partial charge on any atom is -0.351 e. The van der Waals surface area contributed by atoms with Crippen molar-refractivity contribution in [1.82, 2.24) is 10.0 Å². The molecule has 0 aromatic heterocycles. The van der Waals surface area contributed by atoms with Crippen molar-refractivity contribution in [3.8, 4) is 0 Å². The normalized spacial score (nSPS) is 18.3. The molecule has 126 valence electrons. The van der Waals surface area contributed by atoms with E-state index in [0.29, 0.717) is 12.2 Å². The van der Waals surface area contributed by atoms with Gasteiger partial charge in [-0.15, -0.1) is 0 Å². The molecule has 0 radical (unpaired) electrons. The molecule has 7 nitrogen and oxygen atoms in total. The Hall–Kier alpha value is -2.00. The van der Waals surface area contributed by atoms with E-state index in [1.54, 1.807) is 0 Å². The van der Waals surface area contributed by atoms with Crippen molar-refractivity contribution in [2.24, 2.45) is 0 Å². The maximum atomic E-state index is 12.9. The third-order valence-electron chi connectivity index (χ3n) is 3.34. The summed E-state index contributed by atoms with van der Waals surface area (Å²) in [4.78, 5) is 25.2. The van der Waals surface area contributed by atoms with Crippen molar-refractivity contribution in [1.29, 1.82) is 0 Å². The van der Waals surface area contributed by atoms with Gasteiger partial charge in [-0.3, -0.25) is 9.59 Å². The Morgan fingerprint density at radius 3 is 2.61 bits per heavy atom. The van der Waals surface area contributed by atoms with E-state index < -0.39 is 10.0 Å². The second-order valence-electron chi connectivity index (χ2n) is 5.37. The second kappa shape index (κ2) is 7.05. The summed E-state index contributed by atoms with van der Waals surface area (Å²) in [6, 6.07) is 5.20. The fourth-order valence-corrected chi connectivity index (χ4v) is 2.80. The van der Waals surface area contributed by atoms with Gasteiger partial charge in [-0.1, -0.05) is 0 Å². The van der Waals surface area contributed by atoms with Crippen molar-refractivity contribution in [2.45, 2.75) is 18.9 Å². The van der Waals surface area contributed by atoms with Gasteiger partial charge in [-0.05, 0) is 24.3 Å². The van der Waals surface area contributed by atoms with E-state index >= 15 is 0 Å². The minimum atomic E-state index is -3.33. The standard InChI is InChI=1S/C14H18FN3O4S/c1-23(21,22)16-7-6-13(19)17-11-8-14(20)18(9-11)12-4-2-10(15)3-5-12/h2-5,11,16H,6-9H2,1H3,(H,17,19). The zero-order chi connectivity index (χ0) is 17.0. The molecule has 2 N–H and O–H groups in total. The Balaban J connectivity index is 1.85. The maximum absolute atomic E-state index is 12.9. The summed E-state index contributed by atoms with van der Waals surface area (Å²) in [7, 11) is -3.33. The number of hydrogen-bond donors (Lipinski definition) is 2. The summed E-state index contributed by atoms with van der Waals surface area (Å²) in [6.45, 7) is 0.308.